The largest absolute Gasteiger partial charge is 0.459 e. The van der Waals surface area contributed by atoms with Gasteiger partial charge in [-0.25, -0.2) is 9.59 Å². The van der Waals surface area contributed by atoms with Gasteiger partial charge in [0.05, 0.1) is 4.92 Å². The molecule has 25 heavy (non-hydrogen) atoms. The molecule has 0 aliphatic heterocycles. The quantitative estimate of drug-likeness (QED) is 0.482. The smallest absolute Gasteiger partial charge is 0.345 e. The molecule has 1 aromatic carbocycles. The van der Waals surface area contributed by atoms with Crippen LogP contribution in [0.15, 0.2) is 18.2 Å². The van der Waals surface area contributed by atoms with Gasteiger partial charge in [-0.05, 0) is 45.6 Å². The van der Waals surface area contributed by atoms with Crippen molar-refractivity contribution in [1.82, 2.24) is 10.6 Å². The molecule has 0 unspecified atom stereocenters. The van der Waals surface area contributed by atoms with Crippen LogP contribution in [0.1, 0.15) is 48.5 Å². The predicted octanol–water partition coefficient (Wildman–Crippen LogP) is 2.69. The number of hydrogen-bond donors (Lipinski definition) is 2. The zero-order valence-corrected chi connectivity index (χ0v) is 14.4. The molecule has 0 atom stereocenters. The Morgan fingerprint density at radius 2 is 1.96 bits per heavy atom. The zero-order valence-electron chi connectivity index (χ0n) is 14.4. The third-order valence-corrected chi connectivity index (χ3v) is 4.26. The Morgan fingerprint density at radius 3 is 2.56 bits per heavy atom. The number of hydrogen-bond acceptors (Lipinski definition) is 5. The highest BCUT2D eigenvalue weighted by Crippen LogP contribution is 2.27. The van der Waals surface area contributed by atoms with E-state index in [1.54, 1.807) is 19.1 Å². The van der Waals surface area contributed by atoms with Crippen molar-refractivity contribution in [3.8, 4) is 0 Å². The van der Waals surface area contributed by atoms with Crippen molar-refractivity contribution in [2.75, 3.05) is 6.54 Å². The molecule has 1 aliphatic rings. The number of carbonyl (C=O) groups is 2. The molecular formula is C17H23N3O5. The summed E-state index contributed by atoms with van der Waals surface area (Å²) in [6.07, 6.45) is 2.33. The molecule has 8 nitrogen and oxygen atoms in total. The summed E-state index contributed by atoms with van der Waals surface area (Å²) in [5, 5.41) is 16.7. The first-order valence-corrected chi connectivity index (χ1v) is 8.41. The molecule has 0 heterocycles. The first kappa shape index (κ1) is 18.7. The van der Waals surface area contributed by atoms with Crippen LogP contribution in [0.3, 0.4) is 0 Å². The normalized spacial score (nSPS) is 19.8. The topological polar surface area (TPSA) is 111 Å². The van der Waals surface area contributed by atoms with E-state index in [0.29, 0.717) is 37.8 Å². The van der Waals surface area contributed by atoms with E-state index >= 15 is 0 Å². The van der Waals surface area contributed by atoms with Crippen molar-refractivity contribution in [3.63, 3.8) is 0 Å². The van der Waals surface area contributed by atoms with E-state index in [2.05, 4.69) is 10.6 Å². The molecule has 0 saturated heterocycles. The summed E-state index contributed by atoms with van der Waals surface area (Å²) >= 11 is 0. The number of nitro groups is 1. The summed E-state index contributed by atoms with van der Waals surface area (Å²) in [5.41, 5.74) is 0.195. The third kappa shape index (κ3) is 4.91. The molecule has 8 heteroatoms. The van der Waals surface area contributed by atoms with E-state index in [-0.39, 0.29) is 29.4 Å². The van der Waals surface area contributed by atoms with Crippen LogP contribution in [0.4, 0.5) is 10.5 Å². The van der Waals surface area contributed by atoms with Crippen LogP contribution in [0.25, 0.3) is 0 Å². The lowest BCUT2D eigenvalue weighted by molar-refractivity contribution is -0.385. The molecular weight excluding hydrogens is 326 g/mol. The van der Waals surface area contributed by atoms with Gasteiger partial charge in [0.2, 0.25) is 0 Å². The van der Waals surface area contributed by atoms with Gasteiger partial charge in [-0.15, -0.1) is 0 Å². The number of carbonyl (C=O) groups excluding carboxylic acids is 2. The molecule has 136 valence electrons. The minimum absolute atomic E-state index is 0.0208. The van der Waals surface area contributed by atoms with E-state index in [9.17, 15) is 19.7 Å². The minimum atomic E-state index is -0.671. The lowest BCUT2D eigenvalue weighted by atomic mass is 9.93. The number of rotatable bonds is 5. The van der Waals surface area contributed by atoms with Crippen molar-refractivity contribution in [1.29, 1.82) is 0 Å². The van der Waals surface area contributed by atoms with Crippen LogP contribution in [-0.2, 0) is 4.74 Å². The fourth-order valence-corrected chi connectivity index (χ4v) is 3.00. The van der Waals surface area contributed by atoms with Gasteiger partial charge in [0.15, 0.2) is 0 Å². The number of benzene rings is 1. The van der Waals surface area contributed by atoms with Crippen LogP contribution in [-0.4, -0.2) is 35.6 Å². The Kier molecular flexibility index (Phi) is 6.32. The highest BCUT2D eigenvalue weighted by Gasteiger charge is 2.28. The van der Waals surface area contributed by atoms with Crippen LogP contribution < -0.4 is 10.6 Å². The number of urea groups is 1. The molecule has 0 radical (unpaired) electrons. The third-order valence-electron chi connectivity index (χ3n) is 4.26. The van der Waals surface area contributed by atoms with E-state index in [0.717, 1.165) is 0 Å². The fraction of sp³-hybridized carbons (Fsp3) is 0.529. The van der Waals surface area contributed by atoms with Crippen LogP contribution in [0.2, 0.25) is 0 Å². The predicted molar refractivity (Wildman–Crippen MR) is 91.5 cm³/mol. The number of amides is 2. The first-order valence-electron chi connectivity index (χ1n) is 8.41. The van der Waals surface area contributed by atoms with Gasteiger partial charge < -0.3 is 15.4 Å². The van der Waals surface area contributed by atoms with Gasteiger partial charge in [0.1, 0.15) is 11.7 Å². The molecule has 0 spiro atoms. The van der Waals surface area contributed by atoms with Gasteiger partial charge in [-0.1, -0.05) is 12.1 Å². The second-order valence-electron chi connectivity index (χ2n) is 6.11. The second-order valence-corrected chi connectivity index (χ2v) is 6.11. The number of nitro benzene ring substituents is 1. The van der Waals surface area contributed by atoms with Gasteiger partial charge in [-0.3, -0.25) is 10.1 Å². The fourth-order valence-electron chi connectivity index (χ4n) is 3.00. The van der Waals surface area contributed by atoms with Crippen molar-refractivity contribution < 1.29 is 19.2 Å². The maximum absolute atomic E-state index is 12.3. The highest BCUT2D eigenvalue weighted by molar-refractivity contribution is 5.94. The Morgan fingerprint density at radius 1 is 1.28 bits per heavy atom. The number of aryl methyl sites for hydroxylation is 1. The average Bonchev–Trinajstić information content (AvgIpc) is 2.56. The van der Waals surface area contributed by atoms with E-state index < -0.39 is 10.9 Å². The molecule has 2 N–H and O–H groups in total. The minimum Gasteiger partial charge on any atom is -0.459 e. The Labute approximate surface area is 146 Å². The summed E-state index contributed by atoms with van der Waals surface area (Å²) in [4.78, 5) is 34.5. The molecule has 2 amide bonds. The SMILES string of the molecule is CCNC(=O)NC1CCC(OC(=O)c2cccc(C)c2[N+](=O)[O-])CC1. The lowest BCUT2D eigenvalue weighted by Gasteiger charge is -2.28. The van der Waals surface area contributed by atoms with E-state index in [1.807, 2.05) is 6.92 Å². The first-order chi connectivity index (χ1) is 11.9. The maximum atomic E-state index is 12.3. The zero-order chi connectivity index (χ0) is 18.4. The number of esters is 1. The molecule has 2 rings (SSSR count). The highest BCUT2D eigenvalue weighted by atomic mass is 16.6. The molecule has 0 bridgehead atoms. The van der Waals surface area contributed by atoms with Gasteiger partial charge in [-0.2, -0.15) is 0 Å². The summed E-state index contributed by atoms with van der Waals surface area (Å²) in [7, 11) is 0. The Hall–Kier alpha value is -2.64. The maximum Gasteiger partial charge on any atom is 0.345 e. The monoisotopic (exact) mass is 349 g/mol. The van der Waals surface area contributed by atoms with Crippen LogP contribution in [0, 0.1) is 17.0 Å². The number of nitrogens with one attached hydrogen (secondary N) is 2. The van der Waals surface area contributed by atoms with Gasteiger partial charge in [0.25, 0.3) is 5.69 Å². The molecule has 1 aromatic rings. The summed E-state index contributed by atoms with van der Waals surface area (Å²) in [6.45, 7) is 4.00. The van der Waals surface area contributed by atoms with Crippen molar-refractivity contribution in [2.24, 2.45) is 0 Å². The molecule has 0 aromatic heterocycles. The van der Waals surface area contributed by atoms with E-state index in [1.165, 1.54) is 6.07 Å². The second kappa shape index (κ2) is 8.46. The number of nitrogens with zero attached hydrogens (tertiary/aromatic N) is 1. The van der Waals surface area contributed by atoms with Crippen molar-refractivity contribution in [2.45, 2.75) is 51.7 Å². The van der Waals surface area contributed by atoms with Crippen molar-refractivity contribution in [3.05, 3.63) is 39.4 Å². The number of para-hydroxylation sites is 1. The average molecular weight is 349 g/mol. The summed E-state index contributed by atoms with van der Waals surface area (Å²) in [5.74, 6) is -0.671. The van der Waals surface area contributed by atoms with Gasteiger partial charge in [0, 0.05) is 18.2 Å². The van der Waals surface area contributed by atoms with Gasteiger partial charge >= 0.3 is 12.0 Å². The Bertz CT molecular complexity index is 654. The van der Waals surface area contributed by atoms with E-state index in [4.69, 9.17) is 4.74 Å². The summed E-state index contributed by atoms with van der Waals surface area (Å²) in [6, 6.07) is 4.46. The molecule has 1 saturated carbocycles. The lowest BCUT2D eigenvalue weighted by Crippen LogP contribution is -2.44. The molecule has 1 aliphatic carbocycles. The molecule has 1 fully saturated rings. The Balaban J connectivity index is 1.92. The summed E-state index contributed by atoms with van der Waals surface area (Å²) < 4.78 is 5.45. The van der Waals surface area contributed by atoms with Crippen LogP contribution in [0.5, 0.6) is 0 Å². The van der Waals surface area contributed by atoms with Crippen molar-refractivity contribution >= 4 is 17.7 Å². The van der Waals surface area contributed by atoms with Crippen LogP contribution >= 0.6 is 0 Å². The number of ether oxygens (including phenoxy) is 1. The standard InChI is InChI=1S/C17H23N3O5/c1-3-18-17(22)19-12-7-9-13(10-8-12)25-16(21)14-6-4-5-11(2)15(14)20(23)24/h4-6,12-13H,3,7-10H2,1-2H3,(H2,18,19,22).